The molecule has 1 fully saturated rings. The number of rotatable bonds is 5. The fourth-order valence-corrected chi connectivity index (χ4v) is 3.29. The van der Waals surface area contributed by atoms with Crippen LogP contribution in [0.25, 0.3) is 0 Å². The highest BCUT2D eigenvalue weighted by Gasteiger charge is 2.30. The van der Waals surface area contributed by atoms with Gasteiger partial charge in [0.25, 0.3) is 0 Å². The first-order valence-electron chi connectivity index (χ1n) is 8.16. The summed E-state index contributed by atoms with van der Waals surface area (Å²) in [4.78, 5) is 13.8. The van der Waals surface area contributed by atoms with Crippen LogP contribution in [0, 0.1) is 13.8 Å². The maximum Gasteiger partial charge on any atom is 0.133 e. The second kappa shape index (κ2) is 6.76. The average molecular weight is 315 g/mol. The molecule has 1 aliphatic heterocycles. The van der Waals surface area contributed by atoms with E-state index in [1.807, 2.05) is 26.1 Å². The Bertz CT molecular complexity index is 667. The van der Waals surface area contributed by atoms with Crippen molar-refractivity contribution in [2.75, 3.05) is 20.6 Å². The lowest BCUT2D eigenvalue weighted by Crippen LogP contribution is -2.26. The number of aryl methyl sites for hydroxylation is 2. The van der Waals surface area contributed by atoms with E-state index in [2.05, 4.69) is 34.0 Å². The van der Waals surface area contributed by atoms with Crippen molar-refractivity contribution in [3.63, 3.8) is 0 Å². The van der Waals surface area contributed by atoms with Crippen LogP contribution in [-0.4, -0.2) is 45.6 Å². The van der Waals surface area contributed by atoms with Crippen LogP contribution in [-0.2, 0) is 13.1 Å². The molecule has 3 rings (SSSR count). The third kappa shape index (κ3) is 3.76. The van der Waals surface area contributed by atoms with Gasteiger partial charge in [0.1, 0.15) is 11.6 Å². The van der Waals surface area contributed by atoms with Crippen molar-refractivity contribution >= 4 is 0 Å². The van der Waals surface area contributed by atoms with E-state index >= 15 is 0 Å². The molecule has 0 aromatic carbocycles. The lowest BCUT2D eigenvalue weighted by atomic mass is 10.1. The minimum atomic E-state index is 0.337. The van der Waals surface area contributed by atoms with Crippen LogP contribution < -0.4 is 0 Å². The summed E-state index contributed by atoms with van der Waals surface area (Å²) < 4.78 is 5.20. The van der Waals surface area contributed by atoms with Crippen LogP contribution >= 0.6 is 0 Å². The first kappa shape index (κ1) is 16.1. The Hall–Kier alpha value is -1.79. The van der Waals surface area contributed by atoms with Gasteiger partial charge in [-0.1, -0.05) is 5.16 Å². The minimum Gasteiger partial charge on any atom is -0.361 e. The van der Waals surface area contributed by atoms with E-state index in [4.69, 9.17) is 9.51 Å². The second-order valence-corrected chi connectivity index (χ2v) is 6.62. The first-order chi connectivity index (χ1) is 11.0. The van der Waals surface area contributed by atoms with Crippen LogP contribution in [0.1, 0.15) is 47.4 Å². The molecule has 23 heavy (non-hydrogen) atoms. The molecule has 1 atom stereocenters. The quantitative estimate of drug-likeness (QED) is 0.845. The zero-order chi connectivity index (χ0) is 16.4. The van der Waals surface area contributed by atoms with Crippen LogP contribution in [0.2, 0.25) is 0 Å². The van der Waals surface area contributed by atoms with E-state index < -0.39 is 0 Å². The third-order valence-electron chi connectivity index (χ3n) is 4.23. The summed E-state index contributed by atoms with van der Waals surface area (Å²) in [6, 6.07) is 2.35. The van der Waals surface area contributed by atoms with Gasteiger partial charge < -0.3 is 9.42 Å². The fraction of sp³-hybridized carbons (Fsp3) is 0.588. The van der Waals surface area contributed by atoms with E-state index in [9.17, 15) is 0 Å². The van der Waals surface area contributed by atoms with E-state index in [1.165, 1.54) is 17.7 Å². The predicted octanol–water partition coefficient (Wildman–Crippen LogP) is 2.48. The van der Waals surface area contributed by atoms with Crippen molar-refractivity contribution in [1.29, 1.82) is 0 Å². The highest BCUT2D eigenvalue weighted by molar-refractivity contribution is 5.22. The fourth-order valence-electron chi connectivity index (χ4n) is 3.29. The van der Waals surface area contributed by atoms with Crippen molar-refractivity contribution in [2.45, 2.75) is 45.8 Å². The molecule has 0 bridgehead atoms. The van der Waals surface area contributed by atoms with Gasteiger partial charge in [-0.2, -0.15) is 0 Å². The smallest absolute Gasteiger partial charge is 0.133 e. The van der Waals surface area contributed by atoms with Gasteiger partial charge in [0.05, 0.1) is 17.4 Å². The predicted molar refractivity (Wildman–Crippen MR) is 87.8 cm³/mol. The lowest BCUT2D eigenvalue weighted by molar-refractivity contribution is 0.233. The van der Waals surface area contributed by atoms with Gasteiger partial charge >= 0.3 is 0 Å². The van der Waals surface area contributed by atoms with E-state index in [0.29, 0.717) is 6.04 Å². The van der Waals surface area contributed by atoms with Crippen molar-refractivity contribution in [1.82, 2.24) is 24.9 Å². The largest absolute Gasteiger partial charge is 0.361 e. The number of likely N-dealkylation sites (tertiary alicyclic amines) is 1. The summed E-state index contributed by atoms with van der Waals surface area (Å²) in [6.07, 6.45) is 4.30. The molecule has 1 saturated heterocycles. The Morgan fingerprint density at radius 2 is 2.17 bits per heavy atom. The van der Waals surface area contributed by atoms with Gasteiger partial charge in [-0.25, -0.2) is 9.97 Å². The van der Waals surface area contributed by atoms with Crippen molar-refractivity contribution in [3.8, 4) is 0 Å². The summed E-state index contributed by atoms with van der Waals surface area (Å²) in [5, 5.41) is 4.14. The zero-order valence-corrected chi connectivity index (χ0v) is 14.4. The van der Waals surface area contributed by atoms with Gasteiger partial charge in [0.2, 0.25) is 0 Å². The number of hydrogen-bond donors (Lipinski definition) is 0. The Kier molecular flexibility index (Phi) is 4.73. The van der Waals surface area contributed by atoms with Gasteiger partial charge in [0, 0.05) is 30.9 Å². The van der Waals surface area contributed by atoms with Crippen molar-refractivity contribution in [3.05, 3.63) is 40.8 Å². The molecular weight excluding hydrogens is 290 g/mol. The molecule has 6 nitrogen and oxygen atoms in total. The molecule has 6 heteroatoms. The molecule has 1 unspecified atom stereocenters. The van der Waals surface area contributed by atoms with Crippen molar-refractivity contribution < 1.29 is 4.52 Å². The molecule has 0 N–H and O–H groups in total. The molecule has 0 spiro atoms. The number of aromatic nitrogens is 3. The molecule has 0 aliphatic carbocycles. The summed E-state index contributed by atoms with van der Waals surface area (Å²) in [7, 11) is 4.16. The SMILES string of the molecule is Cc1ncc(CN(C)C)c(C2CCCN2Cc2cc(C)on2)n1. The normalized spacial score (nSPS) is 18.9. The highest BCUT2D eigenvalue weighted by atomic mass is 16.5. The molecule has 0 radical (unpaired) electrons. The minimum absolute atomic E-state index is 0.337. The highest BCUT2D eigenvalue weighted by Crippen LogP contribution is 2.34. The Morgan fingerprint density at radius 3 is 2.87 bits per heavy atom. The van der Waals surface area contributed by atoms with E-state index in [1.54, 1.807) is 0 Å². The summed E-state index contributed by atoms with van der Waals surface area (Å²) >= 11 is 0. The topological polar surface area (TPSA) is 58.3 Å². The maximum atomic E-state index is 5.20. The zero-order valence-electron chi connectivity index (χ0n) is 14.4. The molecule has 3 heterocycles. The molecule has 2 aromatic heterocycles. The van der Waals surface area contributed by atoms with Gasteiger partial charge in [-0.05, 0) is 47.3 Å². The monoisotopic (exact) mass is 315 g/mol. The summed E-state index contributed by atoms with van der Waals surface area (Å²) in [5.41, 5.74) is 3.38. The molecular formula is C17H25N5O. The first-order valence-corrected chi connectivity index (χ1v) is 8.16. The second-order valence-electron chi connectivity index (χ2n) is 6.62. The average Bonchev–Trinajstić information content (AvgIpc) is 3.10. The number of hydrogen-bond acceptors (Lipinski definition) is 6. The van der Waals surface area contributed by atoms with Crippen LogP contribution in [0.5, 0.6) is 0 Å². The molecule has 2 aromatic rings. The van der Waals surface area contributed by atoms with Crippen LogP contribution in [0.3, 0.4) is 0 Å². The Labute approximate surface area is 137 Å². The maximum absolute atomic E-state index is 5.20. The van der Waals surface area contributed by atoms with Crippen LogP contribution in [0.15, 0.2) is 16.8 Å². The van der Waals surface area contributed by atoms with E-state index in [0.717, 1.165) is 43.3 Å². The molecule has 1 aliphatic rings. The molecule has 0 amide bonds. The molecule has 124 valence electrons. The third-order valence-corrected chi connectivity index (χ3v) is 4.23. The van der Waals surface area contributed by atoms with Gasteiger partial charge in [-0.3, -0.25) is 4.90 Å². The van der Waals surface area contributed by atoms with E-state index in [-0.39, 0.29) is 0 Å². The number of nitrogens with zero attached hydrogens (tertiary/aromatic N) is 5. The van der Waals surface area contributed by atoms with Crippen molar-refractivity contribution in [2.24, 2.45) is 0 Å². The van der Waals surface area contributed by atoms with Gasteiger partial charge in [0.15, 0.2) is 0 Å². The standard InChI is InChI=1S/C17H25N5O/c1-12-8-15(20-23-12)11-22-7-5-6-16(22)17-14(10-21(3)4)9-18-13(2)19-17/h8-9,16H,5-7,10-11H2,1-4H3. The molecule has 0 saturated carbocycles. The lowest BCUT2D eigenvalue weighted by Gasteiger charge is -2.25. The Balaban J connectivity index is 1.85. The summed E-state index contributed by atoms with van der Waals surface area (Å²) in [6.45, 7) is 6.64. The van der Waals surface area contributed by atoms with Gasteiger partial charge in [-0.15, -0.1) is 0 Å². The summed E-state index contributed by atoms with van der Waals surface area (Å²) in [5.74, 6) is 1.70. The Morgan fingerprint density at radius 1 is 1.35 bits per heavy atom. The van der Waals surface area contributed by atoms with Crippen LogP contribution in [0.4, 0.5) is 0 Å².